The molecule has 2 aromatic rings. The van der Waals surface area contributed by atoms with Gasteiger partial charge < -0.3 is 10.2 Å². The molecular weight excluding hydrogens is 390 g/mol. The highest BCUT2D eigenvalue weighted by molar-refractivity contribution is 6.36. The molecule has 0 unspecified atom stereocenters. The van der Waals surface area contributed by atoms with Crippen LogP contribution in [0.15, 0.2) is 42.5 Å². The van der Waals surface area contributed by atoms with Gasteiger partial charge in [0.1, 0.15) is 11.9 Å². The van der Waals surface area contributed by atoms with Crippen LogP contribution >= 0.6 is 23.2 Å². The van der Waals surface area contributed by atoms with Crippen molar-refractivity contribution < 1.29 is 14.0 Å². The molecule has 0 heterocycles. The standard InChI is InChI=1S/C20H21Cl2FN2O2/c1-3-24-20(27)13(2)25(12-16-17(21)5-4-6-18(16)22)19(26)11-14-7-9-15(23)10-8-14/h4-10,13H,3,11-12H2,1-2H3,(H,24,27)/t13-/m1/s1. The number of nitrogens with one attached hydrogen (secondary N) is 1. The van der Waals surface area contributed by atoms with Crippen LogP contribution in [0.1, 0.15) is 25.0 Å². The first-order valence-corrected chi connectivity index (χ1v) is 9.33. The van der Waals surface area contributed by atoms with Gasteiger partial charge in [0.2, 0.25) is 11.8 Å². The Morgan fingerprint density at radius 3 is 2.26 bits per heavy atom. The van der Waals surface area contributed by atoms with Gasteiger partial charge in [0.15, 0.2) is 0 Å². The monoisotopic (exact) mass is 410 g/mol. The van der Waals surface area contributed by atoms with Crippen molar-refractivity contribution in [2.75, 3.05) is 6.54 Å². The number of benzene rings is 2. The van der Waals surface area contributed by atoms with Crippen molar-refractivity contribution in [2.24, 2.45) is 0 Å². The summed E-state index contributed by atoms with van der Waals surface area (Å²) < 4.78 is 13.1. The van der Waals surface area contributed by atoms with E-state index in [-0.39, 0.29) is 30.6 Å². The highest BCUT2D eigenvalue weighted by Gasteiger charge is 2.27. The summed E-state index contributed by atoms with van der Waals surface area (Å²) in [5.41, 5.74) is 1.23. The zero-order valence-electron chi connectivity index (χ0n) is 15.1. The van der Waals surface area contributed by atoms with Gasteiger partial charge >= 0.3 is 0 Å². The summed E-state index contributed by atoms with van der Waals surface area (Å²) >= 11 is 12.5. The lowest BCUT2D eigenvalue weighted by Gasteiger charge is -2.29. The fourth-order valence-electron chi connectivity index (χ4n) is 2.64. The van der Waals surface area contributed by atoms with Crippen molar-refractivity contribution >= 4 is 35.0 Å². The predicted octanol–water partition coefficient (Wildman–Crippen LogP) is 4.23. The van der Waals surface area contributed by atoms with Gasteiger partial charge in [0.25, 0.3) is 0 Å². The highest BCUT2D eigenvalue weighted by atomic mass is 35.5. The second-order valence-corrected chi connectivity index (χ2v) is 6.91. The number of nitrogens with zero attached hydrogens (tertiary/aromatic N) is 1. The smallest absolute Gasteiger partial charge is 0.242 e. The molecule has 2 amide bonds. The van der Waals surface area contributed by atoms with Crippen LogP contribution in [0.4, 0.5) is 4.39 Å². The molecule has 0 saturated heterocycles. The predicted molar refractivity (Wildman–Crippen MR) is 105 cm³/mol. The molecule has 27 heavy (non-hydrogen) atoms. The van der Waals surface area contributed by atoms with E-state index in [1.54, 1.807) is 44.2 Å². The van der Waals surface area contributed by atoms with Crippen molar-refractivity contribution in [3.8, 4) is 0 Å². The van der Waals surface area contributed by atoms with Crippen LogP contribution in [-0.4, -0.2) is 29.3 Å². The Hall–Kier alpha value is -2.11. The summed E-state index contributed by atoms with van der Waals surface area (Å²) in [6, 6.07) is 10.0. The van der Waals surface area contributed by atoms with Gasteiger partial charge in [0.05, 0.1) is 6.42 Å². The Kier molecular flexibility index (Phi) is 7.63. The van der Waals surface area contributed by atoms with Gasteiger partial charge in [-0.2, -0.15) is 0 Å². The SMILES string of the molecule is CCNC(=O)[C@@H](C)N(Cc1c(Cl)cccc1Cl)C(=O)Cc1ccc(F)cc1. The third kappa shape index (κ3) is 5.68. The van der Waals surface area contributed by atoms with E-state index in [1.165, 1.54) is 17.0 Å². The maximum absolute atomic E-state index is 13.1. The van der Waals surface area contributed by atoms with Crippen molar-refractivity contribution in [3.63, 3.8) is 0 Å². The molecular formula is C20H21Cl2FN2O2. The zero-order chi connectivity index (χ0) is 20.0. The van der Waals surface area contributed by atoms with E-state index in [4.69, 9.17) is 23.2 Å². The number of amides is 2. The number of carbonyl (C=O) groups excluding carboxylic acids is 2. The summed E-state index contributed by atoms with van der Waals surface area (Å²) in [5.74, 6) is -0.925. The molecule has 0 fully saturated rings. The Bertz CT molecular complexity index is 792. The molecule has 7 heteroatoms. The lowest BCUT2D eigenvalue weighted by atomic mass is 10.1. The summed E-state index contributed by atoms with van der Waals surface area (Å²) in [5, 5.41) is 3.56. The van der Waals surface area contributed by atoms with E-state index in [0.29, 0.717) is 27.7 Å². The van der Waals surface area contributed by atoms with Crippen LogP contribution in [0, 0.1) is 5.82 Å². The minimum atomic E-state index is -0.717. The van der Waals surface area contributed by atoms with Crippen LogP contribution in [0.3, 0.4) is 0 Å². The molecule has 0 aliphatic heterocycles. The molecule has 2 aromatic carbocycles. The van der Waals surface area contributed by atoms with Crippen LogP contribution in [0.5, 0.6) is 0 Å². The number of hydrogen-bond acceptors (Lipinski definition) is 2. The van der Waals surface area contributed by atoms with Gasteiger partial charge in [-0.1, -0.05) is 41.4 Å². The van der Waals surface area contributed by atoms with Gasteiger partial charge in [-0.05, 0) is 43.7 Å². The Balaban J connectivity index is 2.29. The first-order valence-electron chi connectivity index (χ1n) is 8.58. The number of halogens is 3. The number of rotatable bonds is 7. The second kappa shape index (κ2) is 9.72. The zero-order valence-corrected chi connectivity index (χ0v) is 16.6. The lowest BCUT2D eigenvalue weighted by molar-refractivity contribution is -0.140. The number of hydrogen-bond donors (Lipinski definition) is 1. The minimum absolute atomic E-state index is 0.0338. The summed E-state index contributed by atoms with van der Waals surface area (Å²) in [4.78, 5) is 26.7. The first kappa shape index (κ1) is 21.2. The van der Waals surface area contributed by atoms with Crippen LogP contribution < -0.4 is 5.32 Å². The van der Waals surface area contributed by atoms with Crippen LogP contribution in [-0.2, 0) is 22.6 Å². The molecule has 2 rings (SSSR count). The third-order valence-electron chi connectivity index (χ3n) is 4.18. The van der Waals surface area contributed by atoms with Crippen LogP contribution in [0.25, 0.3) is 0 Å². The van der Waals surface area contributed by atoms with E-state index < -0.39 is 6.04 Å². The fourth-order valence-corrected chi connectivity index (χ4v) is 3.15. The second-order valence-electron chi connectivity index (χ2n) is 6.10. The Labute approximate surface area is 168 Å². The molecule has 1 atom stereocenters. The van der Waals surface area contributed by atoms with Crippen LogP contribution in [0.2, 0.25) is 10.0 Å². The largest absolute Gasteiger partial charge is 0.355 e. The molecule has 144 valence electrons. The van der Waals surface area contributed by atoms with E-state index in [0.717, 1.165) is 0 Å². The fraction of sp³-hybridized carbons (Fsp3) is 0.300. The molecule has 4 nitrogen and oxygen atoms in total. The lowest BCUT2D eigenvalue weighted by Crippen LogP contribution is -2.48. The van der Waals surface area contributed by atoms with Crippen molar-refractivity contribution in [2.45, 2.75) is 32.9 Å². The average molecular weight is 411 g/mol. The molecule has 0 aliphatic rings. The molecule has 0 bridgehead atoms. The van der Waals surface area contributed by atoms with Crippen molar-refractivity contribution in [3.05, 3.63) is 69.5 Å². The maximum Gasteiger partial charge on any atom is 0.242 e. The van der Waals surface area contributed by atoms with Crippen molar-refractivity contribution in [1.29, 1.82) is 0 Å². The topological polar surface area (TPSA) is 49.4 Å². The molecule has 0 spiro atoms. The molecule has 0 saturated carbocycles. The maximum atomic E-state index is 13.1. The van der Waals surface area contributed by atoms with Gasteiger partial charge in [-0.15, -0.1) is 0 Å². The average Bonchev–Trinajstić information content (AvgIpc) is 2.63. The Morgan fingerprint density at radius 1 is 1.11 bits per heavy atom. The molecule has 1 N–H and O–H groups in total. The molecule has 0 aliphatic carbocycles. The summed E-state index contributed by atoms with van der Waals surface area (Å²) in [6.45, 7) is 4.01. The van der Waals surface area contributed by atoms with Gasteiger partial charge in [-0.25, -0.2) is 4.39 Å². The summed E-state index contributed by atoms with van der Waals surface area (Å²) in [7, 11) is 0. The summed E-state index contributed by atoms with van der Waals surface area (Å²) in [6.07, 6.45) is 0.0338. The minimum Gasteiger partial charge on any atom is -0.355 e. The molecule has 0 aromatic heterocycles. The Morgan fingerprint density at radius 2 is 1.70 bits per heavy atom. The van der Waals surface area contributed by atoms with E-state index in [1.807, 2.05) is 0 Å². The quantitative estimate of drug-likeness (QED) is 0.742. The van der Waals surface area contributed by atoms with E-state index in [9.17, 15) is 14.0 Å². The highest BCUT2D eigenvalue weighted by Crippen LogP contribution is 2.26. The number of carbonyl (C=O) groups is 2. The van der Waals surface area contributed by atoms with E-state index >= 15 is 0 Å². The number of likely N-dealkylation sites (N-methyl/N-ethyl adjacent to an activating group) is 1. The third-order valence-corrected chi connectivity index (χ3v) is 4.89. The van der Waals surface area contributed by atoms with Gasteiger partial charge in [-0.3, -0.25) is 9.59 Å². The van der Waals surface area contributed by atoms with E-state index in [2.05, 4.69) is 5.32 Å². The first-order chi connectivity index (χ1) is 12.8. The van der Waals surface area contributed by atoms with Crippen molar-refractivity contribution in [1.82, 2.24) is 10.2 Å². The normalized spacial score (nSPS) is 11.7. The van der Waals surface area contributed by atoms with Gasteiger partial charge in [0, 0.05) is 28.7 Å². The molecule has 0 radical (unpaired) electrons.